The Morgan fingerprint density at radius 2 is 1.76 bits per heavy atom. The first-order chi connectivity index (χ1) is 10.2. The van der Waals surface area contributed by atoms with Gasteiger partial charge in [-0.05, 0) is 35.6 Å². The average Bonchev–Trinajstić information content (AvgIpc) is 2.85. The van der Waals surface area contributed by atoms with Gasteiger partial charge in [-0.3, -0.25) is 0 Å². The molecule has 0 aliphatic heterocycles. The molecule has 0 fully saturated rings. The second-order valence-corrected chi connectivity index (χ2v) is 5.88. The van der Waals surface area contributed by atoms with Crippen LogP contribution in [0, 0.1) is 5.92 Å². The highest BCUT2D eigenvalue weighted by Crippen LogP contribution is 2.32. The van der Waals surface area contributed by atoms with Gasteiger partial charge in [0.25, 0.3) is 0 Å². The Kier molecular flexibility index (Phi) is 3.80. The summed E-state index contributed by atoms with van der Waals surface area (Å²) in [6.45, 7) is 4.90. The van der Waals surface area contributed by atoms with Crippen molar-refractivity contribution >= 4 is 11.0 Å². The second-order valence-electron chi connectivity index (χ2n) is 5.88. The molecule has 0 aliphatic carbocycles. The third-order valence-corrected chi connectivity index (χ3v) is 3.78. The van der Waals surface area contributed by atoms with Crippen LogP contribution in [0.3, 0.4) is 0 Å². The number of nitrogens with two attached hydrogens (primary N) is 1. The van der Waals surface area contributed by atoms with Gasteiger partial charge in [-0.2, -0.15) is 0 Å². The van der Waals surface area contributed by atoms with Crippen molar-refractivity contribution in [2.75, 3.05) is 0 Å². The zero-order valence-corrected chi connectivity index (χ0v) is 12.6. The van der Waals surface area contributed by atoms with Gasteiger partial charge in [0.05, 0.1) is 6.54 Å². The lowest BCUT2D eigenvalue weighted by Gasteiger charge is -2.06. The van der Waals surface area contributed by atoms with Crippen LogP contribution < -0.4 is 5.73 Å². The fourth-order valence-electron chi connectivity index (χ4n) is 2.81. The fourth-order valence-corrected chi connectivity index (χ4v) is 2.81. The Morgan fingerprint density at radius 3 is 2.43 bits per heavy atom. The average molecular weight is 279 g/mol. The van der Waals surface area contributed by atoms with Crippen molar-refractivity contribution in [3.8, 4) is 11.1 Å². The van der Waals surface area contributed by atoms with E-state index in [0.717, 1.165) is 17.8 Å². The van der Waals surface area contributed by atoms with Crippen LogP contribution in [0.4, 0.5) is 0 Å². The first-order valence-electron chi connectivity index (χ1n) is 7.49. The first-order valence-corrected chi connectivity index (χ1v) is 7.49. The van der Waals surface area contributed by atoms with Crippen molar-refractivity contribution in [2.24, 2.45) is 11.7 Å². The molecular formula is C19H21NO. The van der Waals surface area contributed by atoms with Crippen molar-refractivity contribution in [1.82, 2.24) is 0 Å². The number of benzene rings is 2. The molecule has 3 rings (SSSR count). The zero-order valence-electron chi connectivity index (χ0n) is 12.6. The number of fused-ring (bicyclic) bond motifs is 1. The van der Waals surface area contributed by atoms with E-state index in [2.05, 4.69) is 56.3 Å². The molecule has 3 aromatic rings. The minimum atomic E-state index is 0.456. The van der Waals surface area contributed by atoms with Gasteiger partial charge in [-0.1, -0.05) is 50.2 Å². The quantitative estimate of drug-likeness (QED) is 0.748. The van der Waals surface area contributed by atoms with E-state index in [1.54, 1.807) is 0 Å². The predicted octanol–water partition coefficient (Wildman–Crippen LogP) is 4.76. The molecule has 0 bridgehead atoms. The van der Waals surface area contributed by atoms with Crippen molar-refractivity contribution < 1.29 is 4.42 Å². The van der Waals surface area contributed by atoms with Crippen LogP contribution in [0.5, 0.6) is 0 Å². The molecule has 0 amide bonds. The topological polar surface area (TPSA) is 39.2 Å². The Balaban J connectivity index is 2.15. The molecule has 108 valence electrons. The summed E-state index contributed by atoms with van der Waals surface area (Å²) in [5.41, 5.74) is 10.5. The lowest BCUT2D eigenvalue weighted by Crippen LogP contribution is -2.01. The van der Waals surface area contributed by atoms with Crippen molar-refractivity contribution in [2.45, 2.75) is 26.8 Å². The molecule has 0 spiro atoms. The second kappa shape index (κ2) is 5.74. The van der Waals surface area contributed by atoms with E-state index >= 15 is 0 Å². The van der Waals surface area contributed by atoms with Crippen molar-refractivity contribution in [3.63, 3.8) is 0 Å². The number of furan rings is 1. The molecule has 0 unspecified atom stereocenters. The molecule has 2 aromatic carbocycles. The predicted molar refractivity (Wildman–Crippen MR) is 88.1 cm³/mol. The molecule has 2 nitrogen and oxygen atoms in total. The van der Waals surface area contributed by atoms with E-state index in [4.69, 9.17) is 10.2 Å². The molecule has 2 N–H and O–H groups in total. The third-order valence-electron chi connectivity index (χ3n) is 3.78. The SMILES string of the molecule is CC(C)Cc1c(CN)oc2ccc(-c3ccccc3)cc12. The highest BCUT2D eigenvalue weighted by molar-refractivity contribution is 5.87. The molecular weight excluding hydrogens is 258 g/mol. The largest absolute Gasteiger partial charge is 0.459 e. The Bertz CT molecular complexity index is 741. The van der Waals surface area contributed by atoms with Gasteiger partial charge in [0.2, 0.25) is 0 Å². The molecule has 21 heavy (non-hydrogen) atoms. The molecule has 1 heterocycles. The van der Waals surface area contributed by atoms with Gasteiger partial charge in [0.15, 0.2) is 0 Å². The molecule has 0 radical (unpaired) electrons. The van der Waals surface area contributed by atoms with E-state index in [9.17, 15) is 0 Å². The van der Waals surface area contributed by atoms with E-state index in [-0.39, 0.29) is 0 Å². The van der Waals surface area contributed by atoms with Gasteiger partial charge in [-0.25, -0.2) is 0 Å². The van der Waals surface area contributed by atoms with Crippen LogP contribution >= 0.6 is 0 Å². The van der Waals surface area contributed by atoms with E-state index in [0.29, 0.717) is 12.5 Å². The summed E-state index contributed by atoms with van der Waals surface area (Å²) in [4.78, 5) is 0. The highest BCUT2D eigenvalue weighted by Gasteiger charge is 2.15. The maximum absolute atomic E-state index is 5.92. The Hall–Kier alpha value is -2.06. The lowest BCUT2D eigenvalue weighted by molar-refractivity contribution is 0.535. The summed E-state index contributed by atoms with van der Waals surface area (Å²) in [7, 11) is 0. The summed E-state index contributed by atoms with van der Waals surface area (Å²) >= 11 is 0. The minimum Gasteiger partial charge on any atom is -0.459 e. The van der Waals surface area contributed by atoms with E-state index in [1.165, 1.54) is 22.1 Å². The van der Waals surface area contributed by atoms with Crippen LogP contribution in [0.25, 0.3) is 22.1 Å². The molecule has 0 saturated heterocycles. The maximum atomic E-state index is 5.92. The first kappa shape index (κ1) is 13.9. The third kappa shape index (κ3) is 2.72. The molecule has 0 atom stereocenters. The normalized spacial score (nSPS) is 11.4. The number of hydrogen-bond donors (Lipinski definition) is 1. The molecule has 2 heteroatoms. The van der Waals surface area contributed by atoms with Gasteiger partial charge >= 0.3 is 0 Å². The van der Waals surface area contributed by atoms with Gasteiger partial charge < -0.3 is 10.2 Å². The Labute approximate surface area is 125 Å². The van der Waals surface area contributed by atoms with Crippen molar-refractivity contribution in [1.29, 1.82) is 0 Å². The lowest BCUT2D eigenvalue weighted by atomic mass is 9.97. The minimum absolute atomic E-state index is 0.456. The van der Waals surface area contributed by atoms with Gasteiger partial charge in [-0.15, -0.1) is 0 Å². The summed E-state index contributed by atoms with van der Waals surface area (Å²) in [5.74, 6) is 1.50. The standard InChI is InChI=1S/C19H21NO/c1-13(2)10-16-17-11-15(14-6-4-3-5-7-14)8-9-18(17)21-19(16)12-20/h3-9,11,13H,10,12,20H2,1-2H3. The van der Waals surface area contributed by atoms with Gasteiger partial charge in [0, 0.05) is 10.9 Å². The maximum Gasteiger partial charge on any atom is 0.134 e. The zero-order chi connectivity index (χ0) is 14.8. The monoisotopic (exact) mass is 279 g/mol. The van der Waals surface area contributed by atoms with E-state index in [1.807, 2.05) is 6.07 Å². The van der Waals surface area contributed by atoms with Crippen LogP contribution in [-0.4, -0.2) is 0 Å². The summed E-state index contributed by atoms with van der Waals surface area (Å²) in [5, 5.41) is 1.20. The van der Waals surface area contributed by atoms with Crippen LogP contribution in [0.1, 0.15) is 25.2 Å². The van der Waals surface area contributed by atoms with E-state index < -0.39 is 0 Å². The summed E-state index contributed by atoms with van der Waals surface area (Å²) in [6, 6.07) is 16.8. The molecule has 0 saturated carbocycles. The van der Waals surface area contributed by atoms with Gasteiger partial charge in [0.1, 0.15) is 11.3 Å². The van der Waals surface area contributed by atoms with Crippen molar-refractivity contribution in [3.05, 3.63) is 59.9 Å². The molecule has 0 aliphatic rings. The van der Waals surface area contributed by atoms with Crippen LogP contribution in [0.15, 0.2) is 52.9 Å². The molecule has 1 aromatic heterocycles. The van der Waals surface area contributed by atoms with Crippen LogP contribution in [0.2, 0.25) is 0 Å². The number of rotatable bonds is 4. The smallest absolute Gasteiger partial charge is 0.134 e. The summed E-state index contributed by atoms with van der Waals surface area (Å²) in [6.07, 6.45) is 0.998. The number of hydrogen-bond acceptors (Lipinski definition) is 2. The fraction of sp³-hybridized carbons (Fsp3) is 0.263. The van der Waals surface area contributed by atoms with Crippen LogP contribution in [-0.2, 0) is 13.0 Å². The summed E-state index contributed by atoms with van der Waals surface area (Å²) < 4.78 is 5.92. The Morgan fingerprint density at radius 1 is 1.00 bits per heavy atom. The highest BCUT2D eigenvalue weighted by atomic mass is 16.3.